The molecule has 1 rings (SSSR count). The minimum atomic E-state index is 0. The minimum Gasteiger partial charge on any atom is -1.00 e. The quantitative estimate of drug-likeness (QED) is 0.552. The first kappa shape index (κ1) is 17.4. The minimum absolute atomic E-state index is 0. The van der Waals surface area contributed by atoms with Crippen LogP contribution in [0.15, 0.2) is 24.3 Å². The van der Waals surface area contributed by atoms with Gasteiger partial charge in [-0.1, -0.05) is 18.2 Å². The van der Waals surface area contributed by atoms with Gasteiger partial charge in [-0.05, 0) is 32.4 Å². The molecule has 0 bridgehead atoms. The Kier molecular flexibility index (Phi) is 7.47. The number of likely N-dealkylation sites (N-methyl/N-ethyl adjacent to an activating group) is 1. The van der Waals surface area contributed by atoms with Crippen molar-refractivity contribution in [2.24, 2.45) is 0 Å². The Labute approximate surface area is 127 Å². The topological polar surface area (TPSA) is 29.1 Å². The van der Waals surface area contributed by atoms with Crippen LogP contribution in [0.3, 0.4) is 0 Å². The Morgan fingerprint density at radius 3 is 2.28 bits per heavy atom. The molecule has 0 fully saturated rings. The molecule has 0 atom stereocenters. The number of aryl methyl sites for hydroxylation is 1. The fourth-order valence-corrected chi connectivity index (χ4v) is 1.70. The van der Waals surface area contributed by atoms with Gasteiger partial charge in [-0.15, -0.1) is 0 Å². The molecule has 0 spiro atoms. The highest BCUT2D eigenvalue weighted by atomic mass is 127. The van der Waals surface area contributed by atoms with Gasteiger partial charge >= 0.3 is 0 Å². The second-order valence-electron chi connectivity index (χ2n) is 4.77. The lowest BCUT2D eigenvalue weighted by atomic mass is 10.2. The van der Waals surface area contributed by atoms with Crippen LogP contribution in [0.4, 0.5) is 5.69 Å². The van der Waals surface area contributed by atoms with Gasteiger partial charge in [0.25, 0.3) is 5.91 Å². The first-order valence-corrected chi connectivity index (χ1v) is 6.20. The Bertz CT molecular complexity index is 389. The molecule has 0 aliphatic carbocycles. The van der Waals surface area contributed by atoms with Crippen molar-refractivity contribution in [2.75, 3.05) is 32.0 Å². The summed E-state index contributed by atoms with van der Waals surface area (Å²) >= 11 is 0. The molecule has 0 heterocycles. The fourth-order valence-electron chi connectivity index (χ4n) is 1.70. The molecule has 1 N–H and O–H groups in total. The third-order valence-corrected chi connectivity index (χ3v) is 3.47. The van der Waals surface area contributed by atoms with Gasteiger partial charge in [-0.3, -0.25) is 4.79 Å². The van der Waals surface area contributed by atoms with Crippen LogP contribution in [0.2, 0.25) is 0 Å². The van der Waals surface area contributed by atoms with Crippen LogP contribution < -0.4 is 29.3 Å². The lowest BCUT2D eigenvalue weighted by Gasteiger charge is -2.31. The standard InChI is InChI=1S/C14H22N2O.HI/c1-5-16(4,6-2)11-14(17)15-13-10-8-7-9-12(13)3;/h7-10H,5-6,11H2,1-4H3;1H. The van der Waals surface area contributed by atoms with Gasteiger partial charge in [0, 0.05) is 5.69 Å². The molecule has 1 aromatic carbocycles. The summed E-state index contributed by atoms with van der Waals surface area (Å²) in [7, 11) is 2.11. The third kappa shape index (κ3) is 4.94. The number of carbonyl (C=O) groups excluding carboxylic acids is 1. The van der Waals surface area contributed by atoms with E-state index in [0.717, 1.165) is 28.8 Å². The first-order valence-electron chi connectivity index (χ1n) is 6.20. The number of hydrogen-bond donors (Lipinski definition) is 1. The molecule has 1 aromatic rings. The molecule has 0 saturated carbocycles. The number of rotatable bonds is 5. The lowest BCUT2D eigenvalue weighted by Crippen LogP contribution is -3.00. The molecule has 0 aliphatic rings. The first-order chi connectivity index (χ1) is 8.00. The van der Waals surface area contributed by atoms with Gasteiger partial charge in [0.1, 0.15) is 0 Å². The maximum absolute atomic E-state index is 12.0. The number of quaternary nitrogens is 1. The number of para-hydroxylation sites is 1. The summed E-state index contributed by atoms with van der Waals surface area (Å²) in [5, 5.41) is 2.98. The highest BCUT2D eigenvalue weighted by molar-refractivity contribution is 5.92. The predicted molar refractivity (Wildman–Crippen MR) is 71.9 cm³/mol. The van der Waals surface area contributed by atoms with E-state index in [1.54, 1.807) is 0 Å². The van der Waals surface area contributed by atoms with E-state index in [1.165, 1.54) is 0 Å². The van der Waals surface area contributed by atoms with Gasteiger partial charge < -0.3 is 33.8 Å². The second-order valence-corrected chi connectivity index (χ2v) is 4.77. The molecule has 102 valence electrons. The van der Waals surface area contributed by atoms with E-state index in [2.05, 4.69) is 26.2 Å². The smallest absolute Gasteiger partial charge is 0.279 e. The average Bonchev–Trinajstić information content (AvgIpc) is 2.32. The van der Waals surface area contributed by atoms with Gasteiger partial charge in [0.2, 0.25) is 0 Å². The number of nitrogens with one attached hydrogen (secondary N) is 1. The number of benzene rings is 1. The van der Waals surface area contributed by atoms with Crippen LogP contribution in [0, 0.1) is 6.92 Å². The normalized spacial score (nSPS) is 10.7. The van der Waals surface area contributed by atoms with Crippen LogP contribution in [0.5, 0.6) is 0 Å². The fraction of sp³-hybridized carbons (Fsp3) is 0.500. The zero-order valence-electron chi connectivity index (χ0n) is 11.7. The summed E-state index contributed by atoms with van der Waals surface area (Å²) in [5.74, 6) is 0.0884. The van der Waals surface area contributed by atoms with E-state index < -0.39 is 0 Å². The maximum atomic E-state index is 12.0. The van der Waals surface area contributed by atoms with Crippen molar-refractivity contribution >= 4 is 11.6 Å². The molecule has 1 amide bonds. The van der Waals surface area contributed by atoms with E-state index in [0.29, 0.717) is 6.54 Å². The molecule has 0 saturated heterocycles. The highest BCUT2D eigenvalue weighted by Crippen LogP contribution is 2.13. The average molecular weight is 362 g/mol. The van der Waals surface area contributed by atoms with E-state index in [9.17, 15) is 4.79 Å². The van der Waals surface area contributed by atoms with Crippen molar-refractivity contribution in [1.82, 2.24) is 0 Å². The summed E-state index contributed by atoms with van der Waals surface area (Å²) in [6.07, 6.45) is 0. The SMILES string of the molecule is CC[N+](C)(CC)CC(=O)Nc1ccccc1C.[I-]. The van der Waals surface area contributed by atoms with E-state index >= 15 is 0 Å². The summed E-state index contributed by atoms with van der Waals surface area (Å²) in [6.45, 7) is 8.70. The molecule has 4 heteroatoms. The molecule has 0 aliphatic heterocycles. The van der Waals surface area contributed by atoms with E-state index in [-0.39, 0.29) is 29.9 Å². The highest BCUT2D eigenvalue weighted by Gasteiger charge is 2.21. The third-order valence-electron chi connectivity index (χ3n) is 3.47. The van der Waals surface area contributed by atoms with Gasteiger partial charge in [0.15, 0.2) is 6.54 Å². The monoisotopic (exact) mass is 362 g/mol. The van der Waals surface area contributed by atoms with Crippen LogP contribution in [-0.4, -0.2) is 37.1 Å². The van der Waals surface area contributed by atoms with Crippen molar-refractivity contribution in [3.05, 3.63) is 29.8 Å². The molecular weight excluding hydrogens is 339 g/mol. The largest absolute Gasteiger partial charge is 1.00 e. The van der Waals surface area contributed by atoms with Crippen molar-refractivity contribution < 1.29 is 33.3 Å². The molecule has 0 unspecified atom stereocenters. The van der Waals surface area contributed by atoms with Crippen molar-refractivity contribution in [2.45, 2.75) is 20.8 Å². The molecule has 0 aromatic heterocycles. The van der Waals surface area contributed by atoms with Crippen LogP contribution in [-0.2, 0) is 4.79 Å². The molecular formula is C14H23IN2O. The van der Waals surface area contributed by atoms with Crippen LogP contribution >= 0.6 is 0 Å². The maximum Gasteiger partial charge on any atom is 0.279 e. The number of hydrogen-bond acceptors (Lipinski definition) is 1. The van der Waals surface area contributed by atoms with Crippen molar-refractivity contribution in [3.8, 4) is 0 Å². The summed E-state index contributed by atoms with van der Waals surface area (Å²) in [4.78, 5) is 12.0. The molecule has 18 heavy (non-hydrogen) atoms. The summed E-state index contributed by atoms with van der Waals surface area (Å²) < 4.78 is 0.776. The van der Waals surface area contributed by atoms with E-state index in [1.807, 2.05) is 31.2 Å². The Morgan fingerprint density at radius 1 is 1.22 bits per heavy atom. The second kappa shape index (κ2) is 7.74. The number of halogens is 1. The van der Waals surface area contributed by atoms with Crippen molar-refractivity contribution in [3.63, 3.8) is 0 Å². The zero-order chi connectivity index (χ0) is 12.9. The van der Waals surface area contributed by atoms with Crippen LogP contribution in [0.1, 0.15) is 19.4 Å². The van der Waals surface area contributed by atoms with Gasteiger partial charge in [-0.25, -0.2) is 0 Å². The van der Waals surface area contributed by atoms with E-state index in [4.69, 9.17) is 0 Å². The molecule has 3 nitrogen and oxygen atoms in total. The Balaban J connectivity index is 0.00000289. The number of nitrogens with zero attached hydrogens (tertiary/aromatic N) is 1. The predicted octanol–water partition coefficient (Wildman–Crippen LogP) is -0.576. The summed E-state index contributed by atoms with van der Waals surface area (Å²) in [5.41, 5.74) is 2.01. The lowest BCUT2D eigenvalue weighted by molar-refractivity contribution is -0.898. The van der Waals surface area contributed by atoms with Gasteiger partial charge in [0.05, 0.1) is 20.1 Å². The summed E-state index contributed by atoms with van der Waals surface area (Å²) in [6, 6.07) is 7.86. The Hall–Kier alpha value is -0.620. The van der Waals surface area contributed by atoms with Gasteiger partial charge in [-0.2, -0.15) is 0 Å². The molecule has 0 radical (unpaired) electrons. The number of carbonyl (C=O) groups is 1. The van der Waals surface area contributed by atoms with Crippen LogP contribution in [0.25, 0.3) is 0 Å². The Morgan fingerprint density at radius 2 is 1.78 bits per heavy atom. The zero-order valence-corrected chi connectivity index (χ0v) is 13.8. The number of amides is 1. The van der Waals surface area contributed by atoms with Crippen molar-refractivity contribution in [1.29, 1.82) is 0 Å². The number of anilines is 1.